The number of anilines is 1. The SMILES string of the molecule is O=C(Nc1ccccc1-c1ccsc1)N1CCC2(OCCN2S(=O)(=O)c2ccccc2)C(F)C1. The maximum absolute atomic E-state index is 15.6. The van der Waals surface area contributed by atoms with E-state index in [4.69, 9.17) is 4.74 Å². The van der Waals surface area contributed by atoms with Gasteiger partial charge < -0.3 is 15.0 Å². The molecule has 2 atom stereocenters. The van der Waals surface area contributed by atoms with E-state index in [0.717, 1.165) is 15.4 Å². The van der Waals surface area contributed by atoms with E-state index in [1.165, 1.54) is 17.0 Å². The number of ether oxygens (including phenoxy) is 1. The number of hydrogen-bond donors (Lipinski definition) is 1. The summed E-state index contributed by atoms with van der Waals surface area (Å²) < 4.78 is 49.0. The molecule has 3 heterocycles. The van der Waals surface area contributed by atoms with Gasteiger partial charge in [-0.3, -0.25) is 0 Å². The number of hydrogen-bond acceptors (Lipinski definition) is 5. The number of thiophene rings is 1. The monoisotopic (exact) mass is 501 g/mol. The van der Waals surface area contributed by atoms with E-state index in [-0.39, 0.29) is 37.6 Å². The quantitative estimate of drug-likeness (QED) is 0.575. The highest BCUT2D eigenvalue weighted by molar-refractivity contribution is 7.89. The van der Waals surface area contributed by atoms with Crippen LogP contribution in [0.2, 0.25) is 0 Å². The summed E-state index contributed by atoms with van der Waals surface area (Å²) in [4.78, 5) is 14.5. The van der Waals surface area contributed by atoms with Crippen molar-refractivity contribution in [2.45, 2.75) is 23.2 Å². The number of benzene rings is 2. The Kier molecular flexibility index (Phi) is 6.15. The molecule has 5 rings (SSSR count). The van der Waals surface area contributed by atoms with Crippen molar-refractivity contribution in [3.8, 4) is 11.1 Å². The fourth-order valence-corrected chi connectivity index (χ4v) is 6.96. The first-order valence-corrected chi connectivity index (χ1v) is 13.3. The van der Waals surface area contributed by atoms with Crippen LogP contribution in [0.4, 0.5) is 14.9 Å². The molecule has 0 saturated carbocycles. The molecule has 2 aliphatic rings. The van der Waals surface area contributed by atoms with Gasteiger partial charge in [-0.1, -0.05) is 36.4 Å². The molecule has 2 aromatic carbocycles. The van der Waals surface area contributed by atoms with Crippen LogP contribution < -0.4 is 5.32 Å². The predicted molar refractivity (Wildman–Crippen MR) is 129 cm³/mol. The topological polar surface area (TPSA) is 79.0 Å². The zero-order valence-corrected chi connectivity index (χ0v) is 19.9. The number of nitrogens with zero attached hydrogens (tertiary/aromatic N) is 2. The number of urea groups is 1. The first-order valence-electron chi connectivity index (χ1n) is 11.0. The summed E-state index contributed by atoms with van der Waals surface area (Å²) in [6.07, 6.45) is -1.65. The fourth-order valence-electron chi connectivity index (χ4n) is 4.57. The van der Waals surface area contributed by atoms with Gasteiger partial charge in [-0.05, 0) is 40.6 Å². The average molecular weight is 502 g/mol. The number of alkyl halides is 1. The Bertz CT molecular complexity index is 1270. The van der Waals surface area contributed by atoms with Gasteiger partial charge in [0.1, 0.15) is 0 Å². The summed E-state index contributed by atoms with van der Waals surface area (Å²) in [5, 5.41) is 6.84. The smallest absolute Gasteiger partial charge is 0.321 e. The highest BCUT2D eigenvalue weighted by atomic mass is 32.2. The number of carbonyl (C=O) groups is 1. The van der Waals surface area contributed by atoms with Gasteiger partial charge >= 0.3 is 6.03 Å². The molecule has 178 valence electrons. The lowest BCUT2D eigenvalue weighted by Crippen LogP contribution is -2.63. The normalized spacial score (nSPS) is 23.3. The molecule has 3 aromatic rings. The molecule has 2 fully saturated rings. The number of amides is 2. The minimum atomic E-state index is -3.95. The molecule has 0 bridgehead atoms. The summed E-state index contributed by atoms with van der Waals surface area (Å²) in [6, 6.07) is 16.9. The second kappa shape index (κ2) is 9.10. The first kappa shape index (κ1) is 23.0. The third-order valence-electron chi connectivity index (χ3n) is 6.30. The van der Waals surface area contributed by atoms with Crippen molar-refractivity contribution in [1.82, 2.24) is 9.21 Å². The summed E-state index contributed by atoms with van der Waals surface area (Å²) in [5.74, 6) is 0. The van der Waals surface area contributed by atoms with Crippen molar-refractivity contribution < 1.29 is 22.3 Å². The van der Waals surface area contributed by atoms with Crippen molar-refractivity contribution in [2.75, 3.05) is 31.6 Å². The summed E-state index contributed by atoms with van der Waals surface area (Å²) in [5.41, 5.74) is 0.886. The number of rotatable bonds is 4. The number of para-hydroxylation sites is 1. The van der Waals surface area contributed by atoms with E-state index in [2.05, 4.69) is 5.32 Å². The second-order valence-electron chi connectivity index (χ2n) is 8.23. The van der Waals surface area contributed by atoms with Crippen LogP contribution in [0.15, 0.2) is 76.3 Å². The van der Waals surface area contributed by atoms with Crippen molar-refractivity contribution >= 4 is 33.1 Å². The minimum Gasteiger partial charge on any atom is -0.355 e. The molecule has 1 aromatic heterocycles. The Morgan fingerprint density at radius 3 is 2.59 bits per heavy atom. The molecule has 0 radical (unpaired) electrons. The van der Waals surface area contributed by atoms with E-state index in [9.17, 15) is 13.2 Å². The number of likely N-dealkylation sites (tertiary alicyclic amines) is 1. The minimum absolute atomic E-state index is 0.0415. The number of nitrogens with one attached hydrogen (secondary N) is 1. The maximum atomic E-state index is 15.6. The van der Waals surface area contributed by atoms with Gasteiger partial charge in [-0.15, -0.1) is 0 Å². The molecule has 1 spiro atoms. The zero-order valence-electron chi connectivity index (χ0n) is 18.3. The average Bonchev–Trinajstić information content (AvgIpc) is 3.53. The molecule has 2 aliphatic heterocycles. The van der Waals surface area contributed by atoms with Crippen LogP contribution in [-0.2, 0) is 14.8 Å². The fraction of sp³-hybridized carbons (Fsp3) is 0.292. The van der Waals surface area contributed by atoms with Crippen molar-refractivity contribution in [3.63, 3.8) is 0 Å². The first-order chi connectivity index (χ1) is 16.4. The van der Waals surface area contributed by atoms with Crippen molar-refractivity contribution in [1.29, 1.82) is 0 Å². The van der Waals surface area contributed by atoms with Gasteiger partial charge in [0.05, 0.1) is 23.7 Å². The molecule has 7 nitrogen and oxygen atoms in total. The number of sulfonamides is 1. The summed E-state index contributed by atoms with van der Waals surface area (Å²) >= 11 is 1.56. The summed E-state index contributed by atoms with van der Waals surface area (Å²) in [6.45, 7) is 0.0610. The Balaban J connectivity index is 1.33. The maximum Gasteiger partial charge on any atom is 0.321 e. The van der Waals surface area contributed by atoms with Crippen LogP contribution in [0.1, 0.15) is 6.42 Å². The lowest BCUT2D eigenvalue weighted by atomic mass is 9.99. The highest BCUT2D eigenvalue weighted by Crippen LogP contribution is 2.40. The van der Waals surface area contributed by atoms with Crippen LogP contribution in [0.5, 0.6) is 0 Å². The van der Waals surface area contributed by atoms with Crippen LogP contribution in [0, 0.1) is 0 Å². The third-order valence-corrected chi connectivity index (χ3v) is 8.92. The van der Waals surface area contributed by atoms with Gasteiger partial charge in [-0.25, -0.2) is 17.6 Å². The second-order valence-corrected chi connectivity index (χ2v) is 10.9. The molecule has 10 heteroatoms. The Labute approximate surface area is 201 Å². The van der Waals surface area contributed by atoms with Crippen LogP contribution in [0.25, 0.3) is 11.1 Å². The Morgan fingerprint density at radius 1 is 1.09 bits per heavy atom. The van der Waals surface area contributed by atoms with Gasteiger partial charge in [0, 0.05) is 25.1 Å². The van der Waals surface area contributed by atoms with Crippen molar-refractivity contribution in [2.24, 2.45) is 0 Å². The Morgan fingerprint density at radius 2 is 1.85 bits per heavy atom. The van der Waals surface area contributed by atoms with Crippen molar-refractivity contribution in [3.05, 3.63) is 71.4 Å². The zero-order chi connectivity index (χ0) is 23.8. The lowest BCUT2D eigenvalue weighted by Gasteiger charge is -2.44. The van der Waals surface area contributed by atoms with Gasteiger partial charge in [0.2, 0.25) is 10.0 Å². The number of carbonyl (C=O) groups excluding carboxylic acids is 1. The van der Waals surface area contributed by atoms with E-state index >= 15 is 4.39 Å². The van der Waals surface area contributed by atoms with Gasteiger partial charge in [0.25, 0.3) is 0 Å². The van der Waals surface area contributed by atoms with Crippen LogP contribution in [0.3, 0.4) is 0 Å². The molecular weight excluding hydrogens is 477 g/mol. The predicted octanol–water partition coefficient (Wildman–Crippen LogP) is 4.41. The molecule has 34 heavy (non-hydrogen) atoms. The van der Waals surface area contributed by atoms with Crippen LogP contribution >= 0.6 is 11.3 Å². The van der Waals surface area contributed by atoms with E-state index in [1.54, 1.807) is 35.6 Å². The van der Waals surface area contributed by atoms with Gasteiger partial charge in [-0.2, -0.15) is 15.6 Å². The van der Waals surface area contributed by atoms with E-state index < -0.39 is 28.0 Å². The van der Waals surface area contributed by atoms with E-state index in [1.807, 2.05) is 35.0 Å². The number of halogens is 1. The van der Waals surface area contributed by atoms with Crippen LogP contribution in [-0.4, -0.2) is 61.8 Å². The largest absolute Gasteiger partial charge is 0.355 e. The summed E-state index contributed by atoms with van der Waals surface area (Å²) in [7, 11) is -3.95. The standard InChI is InChI=1S/C24H24FN3O4S2/c25-22-16-27(23(29)26-21-9-5-4-8-20(21)18-10-15-33-17-18)12-11-24(22)28(13-14-32-24)34(30,31)19-6-2-1-3-7-19/h1-10,15,17,22H,11-14,16H2,(H,26,29). The number of piperidine rings is 1. The highest BCUT2D eigenvalue weighted by Gasteiger charge is 2.57. The molecule has 1 N–H and O–H groups in total. The van der Waals surface area contributed by atoms with E-state index in [0.29, 0.717) is 5.69 Å². The lowest BCUT2D eigenvalue weighted by molar-refractivity contribution is -0.134. The molecular formula is C24H24FN3O4S2. The third kappa shape index (κ3) is 4.00. The molecule has 2 unspecified atom stereocenters. The molecule has 2 amide bonds. The molecule has 2 saturated heterocycles. The van der Waals surface area contributed by atoms with Gasteiger partial charge in [0.15, 0.2) is 11.9 Å². The molecule has 0 aliphatic carbocycles. The Hall–Kier alpha value is -2.79.